The second-order valence-corrected chi connectivity index (χ2v) is 9.14. The predicted molar refractivity (Wildman–Crippen MR) is 123 cm³/mol. The molecule has 160 valence electrons. The molecule has 0 N–H and O–H groups in total. The van der Waals surface area contributed by atoms with Crippen molar-refractivity contribution in [1.82, 2.24) is 19.6 Å². The molecule has 2 aromatic carbocycles. The number of rotatable bonds is 4. The van der Waals surface area contributed by atoms with E-state index in [1.54, 1.807) is 22.0 Å². The normalized spacial score (nSPS) is 14.5. The van der Waals surface area contributed by atoms with Crippen LogP contribution in [0.1, 0.15) is 29.8 Å². The van der Waals surface area contributed by atoms with Crippen LogP contribution in [0.2, 0.25) is 0 Å². The first-order valence-electron chi connectivity index (χ1n) is 10.3. The molecule has 1 aliphatic rings. The number of aromatic nitrogens is 2. The number of benzene rings is 2. The van der Waals surface area contributed by atoms with Gasteiger partial charge < -0.3 is 9.80 Å². The highest BCUT2D eigenvalue weighted by atomic mass is 79.9. The number of hydrogen-bond acceptors (Lipinski definition) is 3. The van der Waals surface area contributed by atoms with Gasteiger partial charge in [-0.25, -0.2) is 4.68 Å². The summed E-state index contributed by atoms with van der Waals surface area (Å²) in [4.78, 5) is 29.8. The lowest BCUT2D eigenvalue weighted by Crippen LogP contribution is -2.54. The molecule has 2 amide bonds. The maximum Gasteiger partial charge on any atom is 0.257 e. The monoisotopic (exact) mass is 480 g/mol. The maximum atomic E-state index is 13.2. The minimum Gasteiger partial charge on any atom is -0.338 e. The first kappa shape index (κ1) is 21.3. The third-order valence-corrected chi connectivity index (χ3v) is 6.33. The van der Waals surface area contributed by atoms with Gasteiger partial charge in [0.05, 0.1) is 22.9 Å². The van der Waals surface area contributed by atoms with E-state index in [1.165, 1.54) is 0 Å². The van der Waals surface area contributed by atoms with E-state index in [1.807, 2.05) is 73.3 Å². The standard InChI is InChI=1S/C24H25BrN4O2/c1-24(2,19-6-4-3-5-7-19)23(31)28-14-12-27(13-15-28)22(30)18-16-26-29(17-18)21-10-8-20(25)9-11-21/h3-11,16-17H,12-15H2,1-2H3. The summed E-state index contributed by atoms with van der Waals surface area (Å²) < 4.78 is 2.68. The van der Waals surface area contributed by atoms with Gasteiger partial charge in [-0.05, 0) is 43.7 Å². The molecular weight excluding hydrogens is 456 g/mol. The Kier molecular flexibility index (Phi) is 5.96. The van der Waals surface area contributed by atoms with Gasteiger partial charge in [0.25, 0.3) is 5.91 Å². The van der Waals surface area contributed by atoms with Crippen LogP contribution >= 0.6 is 15.9 Å². The Bertz CT molecular complexity index is 1070. The van der Waals surface area contributed by atoms with Crippen molar-refractivity contribution in [2.45, 2.75) is 19.3 Å². The number of hydrogen-bond donors (Lipinski definition) is 0. The lowest BCUT2D eigenvalue weighted by atomic mass is 9.83. The summed E-state index contributed by atoms with van der Waals surface area (Å²) in [7, 11) is 0. The Morgan fingerprint density at radius 3 is 2.16 bits per heavy atom. The second-order valence-electron chi connectivity index (χ2n) is 8.23. The van der Waals surface area contributed by atoms with Gasteiger partial charge in [0.2, 0.25) is 5.91 Å². The van der Waals surface area contributed by atoms with Gasteiger partial charge in [0, 0.05) is 36.8 Å². The molecule has 7 heteroatoms. The number of carbonyl (C=O) groups excluding carboxylic acids is 2. The Hall–Kier alpha value is -2.93. The summed E-state index contributed by atoms with van der Waals surface area (Å²) in [6.07, 6.45) is 3.35. The van der Waals surface area contributed by atoms with Crippen molar-refractivity contribution in [1.29, 1.82) is 0 Å². The van der Waals surface area contributed by atoms with E-state index in [2.05, 4.69) is 21.0 Å². The number of carbonyl (C=O) groups is 2. The van der Waals surface area contributed by atoms with E-state index in [0.29, 0.717) is 31.7 Å². The van der Waals surface area contributed by atoms with Crippen LogP contribution in [0.15, 0.2) is 71.5 Å². The van der Waals surface area contributed by atoms with Gasteiger partial charge in [-0.1, -0.05) is 46.3 Å². The summed E-state index contributed by atoms with van der Waals surface area (Å²) >= 11 is 3.42. The summed E-state index contributed by atoms with van der Waals surface area (Å²) in [6.45, 7) is 6.00. The lowest BCUT2D eigenvalue weighted by Gasteiger charge is -2.38. The van der Waals surface area contributed by atoms with Crippen LogP contribution in [0.4, 0.5) is 0 Å². The molecule has 0 atom stereocenters. The number of amides is 2. The van der Waals surface area contributed by atoms with Gasteiger partial charge in [-0.3, -0.25) is 9.59 Å². The van der Waals surface area contributed by atoms with E-state index in [4.69, 9.17) is 0 Å². The minimum atomic E-state index is -0.598. The van der Waals surface area contributed by atoms with Gasteiger partial charge in [0.15, 0.2) is 0 Å². The van der Waals surface area contributed by atoms with Crippen LogP contribution in [0, 0.1) is 0 Å². The average molecular weight is 481 g/mol. The molecule has 0 unspecified atom stereocenters. The largest absolute Gasteiger partial charge is 0.338 e. The van der Waals surface area contributed by atoms with E-state index in [9.17, 15) is 9.59 Å². The van der Waals surface area contributed by atoms with Crippen molar-refractivity contribution >= 4 is 27.7 Å². The minimum absolute atomic E-state index is 0.0576. The van der Waals surface area contributed by atoms with E-state index in [0.717, 1.165) is 15.7 Å². The maximum absolute atomic E-state index is 13.2. The zero-order valence-corrected chi connectivity index (χ0v) is 19.2. The zero-order valence-electron chi connectivity index (χ0n) is 17.7. The van der Waals surface area contributed by atoms with Crippen molar-refractivity contribution in [3.8, 4) is 5.69 Å². The van der Waals surface area contributed by atoms with Crippen LogP contribution in [0.25, 0.3) is 5.69 Å². The molecule has 2 heterocycles. The number of piperazine rings is 1. The smallest absolute Gasteiger partial charge is 0.257 e. The summed E-state index contributed by atoms with van der Waals surface area (Å²) in [5.41, 5.74) is 1.84. The molecule has 0 radical (unpaired) electrons. The molecular formula is C24H25BrN4O2. The predicted octanol–water partition coefficient (Wildman–Crippen LogP) is 3.90. The molecule has 0 bridgehead atoms. The van der Waals surface area contributed by atoms with Crippen LogP contribution in [-0.2, 0) is 10.2 Å². The summed E-state index contributed by atoms with van der Waals surface area (Å²) in [5, 5.41) is 4.33. The molecule has 3 aromatic rings. The topological polar surface area (TPSA) is 58.4 Å². The van der Waals surface area contributed by atoms with Gasteiger partial charge >= 0.3 is 0 Å². The molecule has 0 spiro atoms. The van der Waals surface area contributed by atoms with E-state index >= 15 is 0 Å². The molecule has 0 aliphatic carbocycles. The first-order chi connectivity index (χ1) is 14.9. The third kappa shape index (κ3) is 4.42. The molecule has 1 saturated heterocycles. The molecule has 0 saturated carbocycles. The third-order valence-electron chi connectivity index (χ3n) is 5.80. The van der Waals surface area contributed by atoms with Crippen LogP contribution < -0.4 is 0 Å². The summed E-state index contributed by atoms with van der Waals surface area (Å²) in [6, 6.07) is 17.6. The van der Waals surface area contributed by atoms with E-state index in [-0.39, 0.29) is 11.8 Å². The van der Waals surface area contributed by atoms with Crippen molar-refractivity contribution < 1.29 is 9.59 Å². The molecule has 4 rings (SSSR count). The van der Waals surface area contributed by atoms with Gasteiger partial charge in [0.1, 0.15) is 0 Å². The quantitative estimate of drug-likeness (QED) is 0.568. The van der Waals surface area contributed by atoms with E-state index < -0.39 is 5.41 Å². The van der Waals surface area contributed by atoms with Crippen molar-refractivity contribution in [3.05, 3.63) is 82.6 Å². The molecule has 1 fully saturated rings. The lowest BCUT2D eigenvalue weighted by molar-refractivity contribution is -0.137. The highest BCUT2D eigenvalue weighted by Gasteiger charge is 2.35. The zero-order chi connectivity index (χ0) is 22.0. The van der Waals surface area contributed by atoms with Crippen LogP contribution in [-0.4, -0.2) is 57.6 Å². The van der Waals surface area contributed by atoms with Gasteiger partial charge in [-0.2, -0.15) is 5.10 Å². The van der Waals surface area contributed by atoms with Crippen molar-refractivity contribution in [2.75, 3.05) is 26.2 Å². The number of nitrogens with zero attached hydrogens (tertiary/aromatic N) is 4. The fourth-order valence-electron chi connectivity index (χ4n) is 3.84. The van der Waals surface area contributed by atoms with Crippen LogP contribution in [0.3, 0.4) is 0 Å². The van der Waals surface area contributed by atoms with Crippen molar-refractivity contribution in [3.63, 3.8) is 0 Å². The Labute approximate surface area is 190 Å². The summed E-state index contributed by atoms with van der Waals surface area (Å²) in [5.74, 6) is 0.0339. The number of halogens is 1. The molecule has 31 heavy (non-hydrogen) atoms. The average Bonchev–Trinajstić information content (AvgIpc) is 3.29. The Morgan fingerprint density at radius 1 is 0.903 bits per heavy atom. The molecule has 6 nitrogen and oxygen atoms in total. The SMILES string of the molecule is CC(C)(C(=O)N1CCN(C(=O)c2cnn(-c3ccc(Br)cc3)c2)CC1)c1ccccc1. The van der Waals surface area contributed by atoms with Gasteiger partial charge in [-0.15, -0.1) is 0 Å². The molecule has 1 aromatic heterocycles. The van der Waals surface area contributed by atoms with Crippen molar-refractivity contribution in [2.24, 2.45) is 0 Å². The highest BCUT2D eigenvalue weighted by molar-refractivity contribution is 9.10. The fraction of sp³-hybridized carbons (Fsp3) is 0.292. The first-order valence-corrected chi connectivity index (χ1v) is 11.1. The second kappa shape index (κ2) is 8.67. The molecule has 1 aliphatic heterocycles. The fourth-order valence-corrected chi connectivity index (χ4v) is 4.10. The highest BCUT2D eigenvalue weighted by Crippen LogP contribution is 2.26. The van der Waals surface area contributed by atoms with Crippen LogP contribution in [0.5, 0.6) is 0 Å². The Balaban J connectivity index is 1.39. The Morgan fingerprint density at radius 2 is 1.52 bits per heavy atom.